The summed E-state index contributed by atoms with van der Waals surface area (Å²) in [6.07, 6.45) is 2.93. The van der Waals surface area contributed by atoms with Crippen molar-refractivity contribution < 1.29 is 14.0 Å². The van der Waals surface area contributed by atoms with E-state index in [-0.39, 0.29) is 22.5 Å². The largest absolute Gasteiger partial charge is 0.383 e. The van der Waals surface area contributed by atoms with Crippen LogP contribution in [0.1, 0.15) is 26.3 Å². The first kappa shape index (κ1) is 20.3. The Morgan fingerprint density at radius 2 is 1.68 bits per heavy atom. The SMILES string of the molecule is C=C.CN(C)/C=C/C(=O)c1ccc(Cl)cc1C(=O)c1ccccc1F. The van der Waals surface area contributed by atoms with Crippen molar-refractivity contribution in [2.75, 3.05) is 14.1 Å². The van der Waals surface area contributed by atoms with Gasteiger partial charge in [-0.3, -0.25) is 9.59 Å². The number of hydrogen-bond donors (Lipinski definition) is 0. The zero-order valence-electron chi connectivity index (χ0n) is 14.1. The number of halogens is 2. The Bertz CT molecular complexity index is 800. The number of allylic oxidation sites excluding steroid dienone is 1. The number of benzene rings is 2. The average molecular weight is 360 g/mol. The molecule has 2 aromatic carbocycles. The Balaban J connectivity index is 0.00000151. The second-order valence-corrected chi connectivity index (χ2v) is 5.58. The molecule has 0 aliphatic carbocycles. The van der Waals surface area contributed by atoms with Crippen molar-refractivity contribution in [2.24, 2.45) is 0 Å². The summed E-state index contributed by atoms with van der Waals surface area (Å²) >= 11 is 5.94. The Labute approximate surface area is 152 Å². The molecule has 25 heavy (non-hydrogen) atoms. The normalized spacial score (nSPS) is 10.1. The Hall–Kier alpha value is -2.72. The molecular weight excluding hydrogens is 341 g/mol. The summed E-state index contributed by atoms with van der Waals surface area (Å²) in [5.41, 5.74) is 0.164. The van der Waals surface area contributed by atoms with Crippen molar-refractivity contribution in [3.05, 3.63) is 95.4 Å². The lowest BCUT2D eigenvalue weighted by atomic mass is 9.95. The van der Waals surface area contributed by atoms with Crippen LogP contribution in [0.4, 0.5) is 4.39 Å². The van der Waals surface area contributed by atoms with Crippen LogP contribution in [0.25, 0.3) is 0 Å². The van der Waals surface area contributed by atoms with Crippen molar-refractivity contribution in [3.63, 3.8) is 0 Å². The lowest BCUT2D eigenvalue weighted by molar-refractivity contribution is 0.100. The second kappa shape index (κ2) is 9.55. The minimum atomic E-state index is -0.639. The van der Waals surface area contributed by atoms with Crippen molar-refractivity contribution in [3.8, 4) is 0 Å². The molecule has 0 aliphatic rings. The molecule has 0 radical (unpaired) electrons. The molecule has 0 spiro atoms. The smallest absolute Gasteiger partial charge is 0.196 e. The highest BCUT2D eigenvalue weighted by Gasteiger charge is 2.20. The first-order valence-electron chi connectivity index (χ1n) is 7.38. The summed E-state index contributed by atoms with van der Waals surface area (Å²) in [5, 5.41) is 0.304. The molecule has 0 unspecified atom stereocenters. The van der Waals surface area contributed by atoms with Gasteiger partial charge in [0.25, 0.3) is 0 Å². The van der Waals surface area contributed by atoms with Crippen molar-refractivity contribution in [1.82, 2.24) is 4.90 Å². The second-order valence-electron chi connectivity index (χ2n) is 5.14. The molecular formula is C20H19ClFNO2. The van der Waals surface area contributed by atoms with E-state index in [0.29, 0.717) is 5.02 Å². The minimum Gasteiger partial charge on any atom is -0.383 e. The molecule has 0 amide bonds. The quantitative estimate of drug-likeness (QED) is 0.438. The molecule has 0 atom stereocenters. The summed E-state index contributed by atoms with van der Waals surface area (Å²) in [7, 11) is 3.55. The Morgan fingerprint density at radius 3 is 2.28 bits per heavy atom. The number of rotatable bonds is 5. The molecule has 0 aromatic heterocycles. The van der Waals surface area contributed by atoms with E-state index in [0.717, 1.165) is 0 Å². The first-order chi connectivity index (χ1) is 11.9. The topological polar surface area (TPSA) is 37.4 Å². The van der Waals surface area contributed by atoms with Crippen LogP contribution in [0, 0.1) is 5.82 Å². The van der Waals surface area contributed by atoms with Gasteiger partial charge in [0.15, 0.2) is 11.6 Å². The molecule has 0 saturated heterocycles. The Morgan fingerprint density at radius 1 is 1.04 bits per heavy atom. The highest BCUT2D eigenvalue weighted by molar-refractivity contribution is 6.31. The van der Waals surface area contributed by atoms with Gasteiger partial charge in [0.1, 0.15) is 5.82 Å². The third-order valence-corrected chi connectivity index (χ3v) is 3.37. The predicted octanol–water partition coefficient (Wildman–Crippen LogP) is 4.77. The van der Waals surface area contributed by atoms with E-state index in [1.54, 1.807) is 31.3 Å². The fourth-order valence-corrected chi connectivity index (χ4v) is 2.19. The van der Waals surface area contributed by atoms with Crippen LogP contribution in [0.3, 0.4) is 0 Å². The zero-order valence-corrected chi connectivity index (χ0v) is 14.9. The number of hydrogen-bond acceptors (Lipinski definition) is 3. The lowest BCUT2D eigenvalue weighted by Gasteiger charge is -2.09. The molecule has 5 heteroatoms. The standard InChI is InChI=1S/C18H15ClFNO2.C2H4/c1-21(2)10-9-17(22)13-8-7-12(19)11-15(13)18(23)14-5-3-4-6-16(14)20;1-2/h3-11H,1-2H3;1-2H2/b10-9+;. The molecule has 2 aromatic rings. The van der Waals surface area contributed by atoms with Gasteiger partial charge in [-0.15, -0.1) is 13.2 Å². The fourth-order valence-electron chi connectivity index (χ4n) is 2.02. The summed E-state index contributed by atoms with van der Waals surface area (Å²) < 4.78 is 13.9. The summed E-state index contributed by atoms with van der Waals surface area (Å²) in [5.74, 6) is -1.57. The van der Waals surface area contributed by atoms with Crippen molar-refractivity contribution >= 4 is 23.2 Å². The van der Waals surface area contributed by atoms with E-state index < -0.39 is 11.6 Å². The number of nitrogens with zero attached hydrogens (tertiary/aromatic N) is 1. The summed E-state index contributed by atoms with van der Waals surface area (Å²) in [6.45, 7) is 6.00. The molecule has 0 bridgehead atoms. The lowest BCUT2D eigenvalue weighted by Crippen LogP contribution is -2.11. The minimum absolute atomic E-state index is 0.0796. The number of carbonyl (C=O) groups is 2. The van der Waals surface area contributed by atoms with E-state index in [1.807, 2.05) is 0 Å². The first-order valence-corrected chi connectivity index (χ1v) is 7.75. The molecule has 0 N–H and O–H groups in total. The number of carbonyl (C=O) groups excluding carboxylic acids is 2. The van der Waals surface area contributed by atoms with Crippen LogP contribution in [0.15, 0.2) is 67.9 Å². The molecule has 2 rings (SSSR count). The van der Waals surface area contributed by atoms with Crippen LogP contribution >= 0.6 is 11.6 Å². The van der Waals surface area contributed by atoms with Crippen molar-refractivity contribution in [2.45, 2.75) is 0 Å². The monoisotopic (exact) mass is 359 g/mol. The van der Waals surface area contributed by atoms with Gasteiger partial charge in [-0.05, 0) is 30.3 Å². The molecule has 0 saturated carbocycles. The van der Waals surface area contributed by atoms with Gasteiger partial charge in [-0.2, -0.15) is 0 Å². The van der Waals surface area contributed by atoms with Gasteiger partial charge >= 0.3 is 0 Å². The van der Waals surface area contributed by atoms with Crippen molar-refractivity contribution in [1.29, 1.82) is 0 Å². The van der Waals surface area contributed by atoms with E-state index >= 15 is 0 Å². The summed E-state index contributed by atoms with van der Waals surface area (Å²) in [4.78, 5) is 26.6. The van der Waals surface area contributed by atoms with Crippen LogP contribution in [-0.2, 0) is 0 Å². The maximum atomic E-state index is 13.9. The third-order valence-electron chi connectivity index (χ3n) is 3.13. The van der Waals surface area contributed by atoms with E-state index in [9.17, 15) is 14.0 Å². The highest BCUT2D eigenvalue weighted by atomic mass is 35.5. The van der Waals surface area contributed by atoms with E-state index in [2.05, 4.69) is 13.2 Å². The summed E-state index contributed by atoms with van der Waals surface area (Å²) in [6, 6.07) is 10.0. The van der Waals surface area contributed by atoms with Gasteiger partial charge in [0.05, 0.1) is 5.56 Å². The van der Waals surface area contributed by atoms with Crippen LogP contribution < -0.4 is 0 Å². The number of ketones is 2. The molecule has 0 heterocycles. The van der Waals surface area contributed by atoms with E-state index in [1.165, 1.54) is 42.5 Å². The van der Waals surface area contributed by atoms with Gasteiger partial charge in [-0.25, -0.2) is 4.39 Å². The fraction of sp³-hybridized carbons (Fsp3) is 0.100. The predicted molar refractivity (Wildman–Crippen MR) is 99.7 cm³/mol. The zero-order chi connectivity index (χ0) is 19.0. The molecule has 3 nitrogen and oxygen atoms in total. The van der Waals surface area contributed by atoms with Crippen LogP contribution in [-0.4, -0.2) is 30.6 Å². The van der Waals surface area contributed by atoms with Gasteiger partial charge in [-0.1, -0.05) is 23.7 Å². The van der Waals surface area contributed by atoms with Gasteiger partial charge in [0, 0.05) is 42.5 Å². The maximum absolute atomic E-state index is 13.9. The van der Waals surface area contributed by atoms with Crippen LogP contribution in [0.5, 0.6) is 0 Å². The van der Waals surface area contributed by atoms with E-state index in [4.69, 9.17) is 11.6 Å². The molecule has 0 aliphatic heterocycles. The molecule has 130 valence electrons. The van der Waals surface area contributed by atoms with Gasteiger partial charge < -0.3 is 4.90 Å². The average Bonchev–Trinajstić information content (AvgIpc) is 2.61. The maximum Gasteiger partial charge on any atom is 0.196 e. The van der Waals surface area contributed by atoms with Crippen LogP contribution in [0.2, 0.25) is 5.02 Å². The highest BCUT2D eigenvalue weighted by Crippen LogP contribution is 2.22. The van der Waals surface area contributed by atoms with Gasteiger partial charge in [0.2, 0.25) is 0 Å². The third kappa shape index (κ3) is 5.40. The Kier molecular flexibility index (Phi) is 7.76. The molecule has 0 fully saturated rings.